The van der Waals surface area contributed by atoms with E-state index in [-0.39, 0.29) is 28.1 Å². The van der Waals surface area contributed by atoms with Crippen molar-refractivity contribution in [1.82, 2.24) is 14.8 Å². The van der Waals surface area contributed by atoms with E-state index in [1.165, 1.54) is 13.2 Å². The van der Waals surface area contributed by atoms with Gasteiger partial charge in [-0.1, -0.05) is 23.7 Å². The van der Waals surface area contributed by atoms with Crippen LogP contribution in [0.15, 0.2) is 60.9 Å². The molecule has 1 aliphatic heterocycles. The van der Waals surface area contributed by atoms with Gasteiger partial charge in [0.2, 0.25) is 0 Å². The fourth-order valence-electron chi connectivity index (χ4n) is 4.38. The molecule has 0 unspecified atom stereocenters. The van der Waals surface area contributed by atoms with Crippen LogP contribution in [0.4, 0.5) is 13.2 Å². The van der Waals surface area contributed by atoms with Crippen LogP contribution in [0, 0.1) is 0 Å². The molecule has 6 nitrogen and oxygen atoms in total. The van der Waals surface area contributed by atoms with Crippen LogP contribution < -0.4 is 4.74 Å². The largest absolute Gasteiger partial charge is 0.506 e. The Morgan fingerprint density at radius 2 is 1.97 bits per heavy atom. The quantitative estimate of drug-likeness (QED) is 0.494. The summed E-state index contributed by atoms with van der Waals surface area (Å²) in [6, 6.07) is 11.4. The first-order valence-corrected chi connectivity index (χ1v) is 11.7. The van der Waals surface area contributed by atoms with Crippen LogP contribution in [0.25, 0.3) is 0 Å². The van der Waals surface area contributed by atoms with Crippen LogP contribution in [0.5, 0.6) is 11.5 Å². The lowest BCUT2D eigenvalue weighted by molar-refractivity contribution is -0.137. The zero-order valence-corrected chi connectivity index (χ0v) is 20.3. The van der Waals surface area contributed by atoms with E-state index in [2.05, 4.69) is 9.88 Å². The highest BCUT2D eigenvalue weighted by atomic mass is 35.5. The van der Waals surface area contributed by atoms with E-state index in [0.717, 1.165) is 23.3 Å². The number of hydrogen-bond donors (Lipinski definition) is 1. The highest BCUT2D eigenvalue weighted by Gasteiger charge is 2.35. The summed E-state index contributed by atoms with van der Waals surface area (Å²) in [4.78, 5) is 21.5. The van der Waals surface area contributed by atoms with Crippen LogP contribution >= 0.6 is 11.6 Å². The Labute approximate surface area is 211 Å². The zero-order valence-electron chi connectivity index (χ0n) is 19.5. The lowest BCUT2D eigenvalue weighted by atomic mass is 9.99. The lowest BCUT2D eigenvalue weighted by Gasteiger charge is -2.42. The van der Waals surface area contributed by atoms with Gasteiger partial charge in [-0.05, 0) is 53.9 Å². The second-order valence-corrected chi connectivity index (χ2v) is 9.09. The number of ether oxygens (including phenoxy) is 1. The van der Waals surface area contributed by atoms with E-state index in [0.29, 0.717) is 32.6 Å². The van der Waals surface area contributed by atoms with E-state index >= 15 is 0 Å². The standard InChI is InChI=1S/C26H25ClF3N3O3/c1-36-22-12-19(11-20(13-22)26(28,29)30)25(35)33-8-7-32(15-18-3-2-6-31-14-18)16-21(33)9-17-4-5-23(27)24(34)10-17/h2-6,10-14,21,34H,7-9,15-16H2,1H3/t21-/m1/s1. The average Bonchev–Trinajstić information content (AvgIpc) is 2.86. The number of pyridine rings is 1. The summed E-state index contributed by atoms with van der Waals surface area (Å²) in [6.07, 6.45) is -0.764. The van der Waals surface area contributed by atoms with Crippen LogP contribution in [0.2, 0.25) is 5.02 Å². The second kappa shape index (κ2) is 10.8. The molecule has 1 N–H and O–H groups in total. The number of aromatic hydroxyl groups is 1. The summed E-state index contributed by atoms with van der Waals surface area (Å²) in [5.74, 6) is -0.621. The van der Waals surface area contributed by atoms with Gasteiger partial charge in [-0.3, -0.25) is 14.7 Å². The summed E-state index contributed by atoms with van der Waals surface area (Å²) in [5, 5.41) is 10.3. The highest BCUT2D eigenvalue weighted by molar-refractivity contribution is 6.32. The molecule has 4 rings (SSSR count). The number of rotatable bonds is 6. The Bertz CT molecular complexity index is 1220. The van der Waals surface area contributed by atoms with Crippen molar-refractivity contribution in [3.63, 3.8) is 0 Å². The maximum absolute atomic E-state index is 13.5. The number of alkyl halides is 3. The summed E-state index contributed by atoms with van der Waals surface area (Å²) in [6.45, 7) is 1.97. The van der Waals surface area contributed by atoms with E-state index in [4.69, 9.17) is 16.3 Å². The van der Waals surface area contributed by atoms with Gasteiger partial charge in [-0.25, -0.2) is 0 Å². The Morgan fingerprint density at radius 3 is 2.64 bits per heavy atom. The van der Waals surface area contributed by atoms with Gasteiger partial charge in [0.25, 0.3) is 5.91 Å². The number of phenols is 1. The number of benzene rings is 2. The molecule has 10 heteroatoms. The molecular weight excluding hydrogens is 495 g/mol. The molecule has 0 saturated carbocycles. The average molecular weight is 520 g/mol. The molecule has 1 saturated heterocycles. The Hall–Kier alpha value is -3.30. The number of methoxy groups -OCH3 is 1. The fourth-order valence-corrected chi connectivity index (χ4v) is 4.50. The summed E-state index contributed by atoms with van der Waals surface area (Å²) in [7, 11) is 1.26. The number of hydrogen-bond acceptors (Lipinski definition) is 5. The van der Waals surface area contributed by atoms with Gasteiger partial charge < -0.3 is 14.7 Å². The summed E-state index contributed by atoms with van der Waals surface area (Å²) in [5.41, 5.74) is 0.734. The Kier molecular flexibility index (Phi) is 7.70. The molecular formula is C26H25ClF3N3O3. The normalized spacial score (nSPS) is 16.7. The lowest BCUT2D eigenvalue weighted by Crippen LogP contribution is -2.55. The van der Waals surface area contributed by atoms with E-state index < -0.39 is 17.6 Å². The van der Waals surface area contributed by atoms with Gasteiger partial charge in [0.05, 0.1) is 17.7 Å². The predicted octanol–water partition coefficient (Wildman–Crippen LogP) is 5.04. The third kappa shape index (κ3) is 6.09. The fraction of sp³-hybridized carbons (Fsp3) is 0.308. The SMILES string of the molecule is COc1cc(C(=O)N2CCN(Cc3cccnc3)C[C@H]2Cc2ccc(Cl)c(O)c2)cc(C(F)(F)F)c1. The van der Waals surface area contributed by atoms with Crippen LogP contribution in [0.3, 0.4) is 0 Å². The Balaban J connectivity index is 1.63. The zero-order chi connectivity index (χ0) is 25.9. The maximum Gasteiger partial charge on any atom is 0.416 e. The van der Waals surface area contributed by atoms with Gasteiger partial charge in [0.1, 0.15) is 11.5 Å². The van der Waals surface area contributed by atoms with Crippen molar-refractivity contribution in [3.05, 3.63) is 88.2 Å². The summed E-state index contributed by atoms with van der Waals surface area (Å²) >= 11 is 5.94. The number of halogens is 4. The first-order valence-electron chi connectivity index (χ1n) is 11.3. The highest BCUT2D eigenvalue weighted by Crippen LogP contribution is 2.33. The van der Waals surface area contributed by atoms with Crippen molar-refractivity contribution >= 4 is 17.5 Å². The van der Waals surface area contributed by atoms with Crippen molar-refractivity contribution < 1.29 is 27.8 Å². The van der Waals surface area contributed by atoms with E-state index in [1.807, 2.05) is 12.1 Å². The molecule has 2 heterocycles. The monoisotopic (exact) mass is 519 g/mol. The third-order valence-corrected chi connectivity index (χ3v) is 6.47. The van der Waals surface area contributed by atoms with Crippen LogP contribution in [-0.2, 0) is 19.1 Å². The number of piperazine rings is 1. The first-order chi connectivity index (χ1) is 17.1. The molecule has 1 atom stereocenters. The van der Waals surface area contributed by atoms with Crippen molar-refractivity contribution in [2.75, 3.05) is 26.7 Å². The number of carbonyl (C=O) groups is 1. The predicted molar refractivity (Wildman–Crippen MR) is 129 cm³/mol. The third-order valence-electron chi connectivity index (χ3n) is 6.16. The van der Waals surface area contributed by atoms with Crippen LogP contribution in [-0.4, -0.2) is 58.6 Å². The molecule has 36 heavy (non-hydrogen) atoms. The molecule has 2 aromatic carbocycles. The molecule has 1 aliphatic rings. The summed E-state index contributed by atoms with van der Waals surface area (Å²) < 4.78 is 45.4. The molecule has 0 bridgehead atoms. The Morgan fingerprint density at radius 1 is 1.17 bits per heavy atom. The van der Waals surface area contributed by atoms with Crippen molar-refractivity contribution in [1.29, 1.82) is 0 Å². The molecule has 1 fully saturated rings. The molecule has 0 radical (unpaired) electrons. The smallest absolute Gasteiger partial charge is 0.416 e. The van der Waals surface area contributed by atoms with Gasteiger partial charge in [-0.2, -0.15) is 13.2 Å². The molecule has 190 valence electrons. The minimum Gasteiger partial charge on any atom is -0.506 e. The first kappa shape index (κ1) is 25.8. The number of phenolic OH excluding ortho intramolecular Hbond substituents is 1. The van der Waals surface area contributed by atoms with Crippen LogP contribution in [0.1, 0.15) is 27.0 Å². The number of nitrogens with zero attached hydrogens (tertiary/aromatic N) is 3. The molecule has 1 aromatic heterocycles. The number of amides is 1. The van der Waals surface area contributed by atoms with Gasteiger partial charge in [0.15, 0.2) is 0 Å². The maximum atomic E-state index is 13.5. The number of carbonyl (C=O) groups excluding carboxylic acids is 1. The molecule has 0 spiro atoms. The molecule has 3 aromatic rings. The number of aromatic nitrogens is 1. The van der Waals surface area contributed by atoms with Crippen molar-refractivity contribution in [2.45, 2.75) is 25.2 Å². The van der Waals surface area contributed by atoms with Crippen molar-refractivity contribution in [2.24, 2.45) is 0 Å². The van der Waals surface area contributed by atoms with Gasteiger partial charge in [-0.15, -0.1) is 0 Å². The van der Waals surface area contributed by atoms with E-state index in [1.54, 1.807) is 35.5 Å². The van der Waals surface area contributed by atoms with Gasteiger partial charge in [0, 0.05) is 50.2 Å². The second-order valence-electron chi connectivity index (χ2n) is 8.69. The topological polar surface area (TPSA) is 65.9 Å². The van der Waals surface area contributed by atoms with E-state index in [9.17, 15) is 23.1 Å². The van der Waals surface area contributed by atoms with Crippen molar-refractivity contribution in [3.8, 4) is 11.5 Å². The molecule has 0 aliphatic carbocycles. The minimum absolute atomic E-state index is 0.0393. The minimum atomic E-state index is -4.62. The van der Waals surface area contributed by atoms with Gasteiger partial charge >= 0.3 is 6.18 Å². The molecule has 1 amide bonds.